The van der Waals surface area contributed by atoms with Crippen LogP contribution in [0.2, 0.25) is 5.02 Å². The molecular weight excluding hydrogens is 312 g/mol. The molecule has 2 rings (SSSR count). The van der Waals surface area contributed by atoms with Gasteiger partial charge in [0.2, 0.25) is 0 Å². The van der Waals surface area contributed by atoms with Gasteiger partial charge in [-0.1, -0.05) is 49.7 Å². The number of hydrogen-bond acceptors (Lipinski definition) is 3. The number of para-hydroxylation sites is 1. The molecule has 0 heterocycles. The van der Waals surface area contributed by atoms with E-state index in [-0.39, 0.29) is 5.97 Å². The monoisotopic (exact) mass is 332 g/mol. The number of esters is 1. The molecule has 0 spiro atoms. The third-order valence-electron chi connectivity index (χ3n) is 3.59. The molecule has 2 aromatic carbocycles. The molecule has 0 bridgehead atoms. The Kier molecular flexibility index (Phi) is 6.05. The molecule has 2 aromatic rings. The molecule has 0 fully saturated rings. The van der Waals surface area contributed by atoms with Gasteiger partial charge in [0, 0.05) is 17.0 Å². The highest BCUT2D eigenvalue weighted by atomic mass is 35.5. The molecule has 0 atom stereocenters. The number of hydrogen-bond donors (Lipinski definition) is 0. The molecule has 23 heavy (non-hydrogen) atoms. The molecule has 0 amide bonds. The van der Waals surface area contributed by atoms with Gasteiger partial charge in [-0.05, 0) is 36.6 Å². The topological polar surface area (TPSA) is 35.5 Å². The third kappa shape index (κ3) is 4.49. The normalized spacial score (nSPS) is 10.4. The number of rotatable bonds is 6. The second-order valence-electron chi connectivity index (χ2n) is 5.29. The van der Waals surface area contributed by atoms with Crippen LogP contribution in [0.1, 0.15) is 37.0 Å². The first-order valence-electron chi connectivity index (χ1n) is 7.75. The quantitative estimate of drug-likeness (QED) is 0.545. The fraction of sp³-hybridized carbons (Fsp3) is 0.316. The van der Waals surface area contributed by atoms with Gasteiger partial charge in [-0.25, -0.2) is 0 Å². The molecule has 0 radical (unpaired) electrons. The van der Waals surface area contributed by atoms with Gasteiger partial charge in [-0.2, -0.15) is 0 Å². The van der Waals surface area contributed by atoms with Crippen molar-refractivity contribution in [2.75, 3.05) is 0 Å². The summed E-state index contributed by atoms with van der Waals surface area (Å²) in [6.45, 7) is 6.14. The van der Waals surface area contributed by atoms with Gasteiger partial charge < -0.3 is 9.47 Å². The Morgan fingerprint density at radius 3 is 2.52 bits per heavy atom. The van der Waals surface area contributed by atoms with Crippen molar-refractivity contribution in [2.24, 2.45) is 0 Å². The average molecular weight is 333 g/mol. The zero-order chi connectivity index (χ0) is 16.8. The van der Waals surface area contributed by atoms with Gasteiger partial charge in [0.15, 0.2) is 0 Å². The summed E-state index contributed by atoms with van der Waals surface area (Å²) in [6.07, 6.45) is 1.22. The molecule has 0 N–H and O–H groups in total. The van der Waals surface area contributed by atoms with Crippen LogP contribution in [-0.4, -0.2) is 5.97 Å². The van der Waals surface area contributed by atoms with Crippen molar-refractivity contribution >= 4 is 17.6 Å². The number of carbonyl (C=O) groups excluding carboxylic acids is 1. The summed E-state index contributed by atoms with van der Waals surface area (Å²) in [5, 5.41) is 0.707. The molecule has 4 heteroatoms. The molecule has 0 aromatic heterocycles. The summed E-state index contributed by atoms with van der Waals surface area (Å²) in [6, 6.07) is 11.3. The first kappa shape index (κ1) is 17.4. The van der Waals surface area contributed by atoms with E-state index >= 15 is 0 Å². The van der Waals surface area contributed by atoms with Gasteiger partial charge in [0.05, 0.1) is 0 Å². The van der Waals surface area contributed by atoms with Gasteiger partial charge >= 0.3 is 5.97 Å². The van der Waals surface area contributed by atoms with E-state index in [9.17, 15) is 4.79 Å². The lowest BCUT2D eigenvalue weighted by Gasteiger charge is -2.14. The zero-order valence-electron chi connectivity index (χ0n) is 13.7. The van der Waals surface area contributed by atoms with Crippen LogP contribution in [0, 0.1) is 6.92 Å². The van der Waals surface area contributed by atoms with Crippen LogP contribution in [0.15, 0.2) is 36.4 Å². The first-order chi connectivity index (χ1) is 11.0. The Labute approximate surface area is 142 Å². The highest BCUT2D eigenvalue weighted by molar-refractivity contribution is 6.31. The number of carbonyl (C=O) groups is 1. The van der Waals surface area contributed by atoms with Crippen LogP contribution in [0.4, 0.5) is 0 Å². The summed E-state index contributed by atoms with van der Waals surface area (Å²) in [4.78, 5) is 11.5. The van der Waals surface area contributed by atoms with E-state index in [0.29, 0.717) is 23.8 Å². The molecule has 0 aliphatic heterocycles. The summed E-state index contributed by atoms with van der Waals surface area (Å²) < 4.78 is 11.2. The molecule has 0 saturated carbocycles. The predicted octanol–water partition coefficient (Wildman–Crippen LogP) is 5.11. The van der Waals surface area contributed by atoms with E-state index < -0.39 is 0 Å². The lowest BCUT2D eigenvalue weighted by molar-refractivity contribution is -0.134. The second kappa shape index (κ2) is 8.02. The lowest BCUT2D eigenvalue weighted by atomic mass is 10.1. The largest absolute Gasteiger partial charge is 0.488 e. The van der Waals surface area contributed by atoms with Crippen LogP contribution in [-0.2, 0) is 17.8 Å². The highest BCUT2D eigenvalue weighted by Gasteiger charge is 2.10. The minimum Gasteiger partial charge on any atom is -0.488 e. The Hall–Kier alpha value is -2.00. The summed E-state index contributed by atoms with van der Waals surface area (Å²) in [7, 11) is 0. The minimum atomic E-state index is -0.260. The molecular formula is C19H21ClO3. The van der Waals surface area contributed by atoms with Crippen molar-refractivity contribution in [3.8, 4) is 11.5 Å². The third-order valence-corrected chi connectivity index (χ3v) is 3.94. The van der Waals surface area contributed by atoms with Gasteiger partial charge in [0.25, 0.3) is 0 Å². The Morgan fingerprint density at radius 2 is 1.83 bits per heavy atom. The van der Waals surface area contributed by atoms with Gasteiger partial charge in [0.1, 0.15) is 18.1 Å². The summed E-state index contributed by atoms with van der Waals surface area (Å²) in [5.41, 5.74) is 2.97. The molecule has 122 valence electrons. The van der Waals surface area contributed by atoms with Crippen molar-refractivity contribution in [3.63, 3.8) is 0 Å². The maximum absolute atomic E-state index is 11.5. The molecule has 3 nitrogen and oxygen atoms in total. The summed E-state index contributed by atoms with van der Waals surface area (Å²) in [5.74, 6) is 1.01. The molecule has 0 aliphatic carbocycles. The fourth-order valence-electron chi connectivity index (χ4n) is 2.22. The maximum atomic E-state index is 11.5. The van der Waals surface area contributed by atoms with E-state index in [0.717, 1.165) is 28.9 Å². The van der Waals surface area contributed by atoms with Crippen LogP contribution in [0.25, 0.3) is 0 Å². The van der Waals surface area contributed by atoms with Gasteiger partial charge in [-0.15, -0.1) is 0 Å². The van der Waals surface area contributed by atoms with Crippen molar-refractivity contribution in [3.05, 3.63) is 58.1 Å². The average Bonchev–Trinajstić information content (AvgIpc) is 2.56. The van der Waals surface area contributed by atoms with Crippen LogP contribution in [0.3, 0.4) is 0 Å². The van der Waals surface area contributed by atoms with Crippen molar-refractivity contribution < 1.29 is 14.3 Å². The second-order valence-corrected chi connectivity index (χ2v) is 5.69. The van der Waals surface area contributed by atoms with Crippen LogP contribution < -0.4 is 9.47 Å². The SMILES string of the molecule is CCC(=O)Oc1ccccc1COc1cc(Cl)c(CC)cc1C. The van der Waals surface area contributed by atoms with Crippen LogP contribution in [0.5, 0.6) is 11.5 Å². The van der Waals surface area contributed by atoms with Gasteiger partial charge in [-0.3, -0.25) is 4.79 Å². The number of ether oxygens (including phenoxy) is 2. The van der Waals surface area contributed by atoms with E-state index in [1.54, 1.807) is 13.0 Å². The smallest absolute Gasteiger partial charge is 0.310 e. The Bertz CT molecular complexity index is 695. The first-order valence-corrected chi connectivity index (χ1v) is 8.13. The molecule has 0 unspecified atom stereocenters. The zero-order valence-corrected chi connectivity index (χ0v) is 14.4. The van der Waals surface area contributed by atoms with Crippen molar-refractivity contribution in [1.29, 1.82) is 0 Å². The Morgan fingerprint density at radius 1 is 1.09 bits per heavy atom. The fourth-order valence-corrected chi connectivity index (χ4v) is 2.51. The Balaban J connectivity index is 2.15. The van der Waals surface area contributed by atoms with E-state index in [1.165, 1.54) is 0 Å². The molecule has 0 aliphatic rings. The number of benzene rings is 2. The number of halogens is 1. The standard InChI is InChI=1S/C19H21ClO3/c1-4-14-10-13(3)18(11-16(14)20)22-12-15-8-6-7-9-17(15)23-19(21)5-2/h6-11H,4-5,12H2,1-3H3. The van der Waals surface area contributed by atoms with E-state index in [1.807, 2.05) is 37.3 Å². The number of aryl methyl sites for hydroxylation is 2. The van der Waals surface area contributed by atoms with E-state index in [2.05, 4.69) is 6.92 Å². The van der Waals surface area contributed by atoms with Crippen molar-refractivity contribution in [2.45, 2.75) is 40.2 Å². The predicted molar refractivity (Wildman–Crippen MR) is 92.3 cm³/mol. The van der Waals surface area contributed by atoms with Crippen LogP contribution >= 0.6 is 11.6 Å². The minimum absolute atomic E-state index is 0.260. The maximum Gasteiger partial charge on any atom is 0.310 e. The van der Waals surface area contributed by atoms with Crippen molar-refractivity contribution in [1.82, 2.24) is 0 Å². The highest BCUT2D eigenvalue weighted by Crippen LogP contribution is 2.29. The van der Waals surface area contributed by atoms with E-state index in [4.69, 9.17) is 21.1 Å². The lowest BCUT2D eigenvalue weighted by Crippen LogP contribution is -2.08. The summed E-state index contributed by atoms with van der Waals surface area (Å²) >= 11 is 6.25. The molecule has 0 saturated heterocycles.